The molecule has 3 rings (SSSR count). The zero-order chi connectivity index (χ0) is 11.7. The van der Waals surface area contributed by atoms with Crippen LogP contribution in [0.15, 0.2) is 5.38 Å². The predicted octanol–water partition coefficient (Wildman–Crippen LogP) is 2.14. The molecule has 6 heteroatoms. The maximum absolute atomic E-state index is 5.84. The second-order valence-corrected chi connectivity index (χ2v) is 5.95. The Morgan fingerprint density at radius 1 is 1.47 bits per heavy atom. The first-order valence-electron chi connectivity index (χ1n) is 5.86. The standard InChI is InChI=1S/C11H15ClN2O2S/c12-10-13-9(7-17-10)6-14-3-1-2-11(8-14)15-4-5-16-11/h7H,1-6,8H2. The van der Waals surface area contributed by atoms with E-state index in [0.29, 0.717) is 4.47 Å². The third-order valence-electron chi connectivity index (χ3n) is 3.22. The lowest BCUT2D eigenvalue weighted by molar-refractivity contribution is -0.190. The molecule has 0 unspecified atom stereocenters. The van der Waals surface area contributed by atoms with Crippen molar-refractivity contribution in [2.24, 2.45) is 0 Å². The van der Waals surface area contributed by atoms with E-state index in [1.807, 2.05) is 5.38 Å². The van der Waals surface area contributed by atoms with Gasteiger partial charge in [-0.2, -0.15) is 0 Å². The lowest BCUT2D eigenvalue weighted by Gasteiger charge is -2.38. The van der Waals surface area contributed by atoms with Crippen LogP contribution in [-0.4, -0.2) is 42.0 Å². The monoisotopic (exact) mass is 274 g/mol. The van der Waals surface area contributed by atoms with Crippen LogP contribution >= 0.6 is 22.9 Å². The molecule has 2 saturated heterocycles. The summed E-state index contributed by atoms with van der Waals surface area (Å²) >= 11 is 7.32. The highest BCUT2D eigenvalue weighted by atomic mass is 35.5. The van der Waals surface area contributed by atoms with E-state index in [9.17, 15) is 0 Å². The largest absolute Gasteiger partial charge is 0.346 e. The second-order valence-electron chi connectivity index (χ2n) is 4.51. The van der Waals surface area contributed by atoms with E-state index in [1.165, 1.54) is 11.3 Å². The first-order valence-corrected chi connectivity index (χ1v) is 7.12. The van der Waals surface area contributed by atoms with Crippen molar-refractivity contribution in [3.8, 4) is 0 Å². The van der Waals surface area contributed by atoms with E-state index in [2.05, 4.69) is 9.88 Å². The Bertz CT molecular complexity index is 393. The molecule has 0 aromatic carbocycles. The van der Waals surface area contributed by atoms with Crippen molar-refractivity contribution >= 4 is 22.9 Å². The highest BCUT2D eigenvalue weighted by Gasteiger charge is 2.40. The molecule has 2 aliphatic heterocycles. The fourth-order valence-corrected chi connectivity index (χ4v) is 3.30. The summed E-state index contributed by atoms with van der Waals surface area (Å²) in [6, 6.07) is 0. The number of ether oxygens (including phenoxy) is 2. The van der Waals surface area contributed by atoms with Crippen LogP contribution in [0.2, 0.25) is 4.47 Å². The van der Waals surface area contributed by atoms with Crippen molar-refractivity contribution in [2.75, 3.05) is 26.3 Å². The van der Waals surface area contributed by atoms with E-state index in [-0.39, 0.29) is 5.79 Å². The minimum absolute atomic E-state index is 0.349. The maximum Gasteiger partial charge on any atom is 0.183 e. The minimum Gasteiger partial charge on any atom is -0.346 e. The molecule has 1 spiro atoms. The van der Waals surface area contributed by atoms with Crippen molar-refractivity contribution in [3.05, 3.63) is 15.5 Å². The van der Waals surface area contributed by atoms with Gasteiger partial charge in [0.1, 0.15) is 0 Å². The molecule has 2 aliphatic rings. The molecule has 17 heavy (non-hydrogen) atoms. The number of hydrogen-bond acceptors (Lipinski definition) is 5. The predicted molar refractivity (Wildman–Crippen MR) is 66.3 cm³/mol. The number of piperidine rings is 1. The van der Waals surface area contributed by atoms with Crippen LogP contribution in [-0.2, 0) is 16.0 Å². The summed E-state index contributed by atoms with van der Waals surface area (Å²) in [4.78, 5) is 6.61. The van der Waals surface area contributed by atoms with Gasteiger partial charge in [-0.1, -0.05) is 11.6 Å². The molecule has 3 heterocycles. The Labute approximate surface area is 109 Å². The molecule has 0 radical (unpaired) electrons. The Morgan fingerprint density at radius 3 is 3.00 bits per heavy atom. The number of nitrogens with zero attached hydrogens (tertiary/aromatic N) is 2. The normalized spacial score (nSPS) is 24.5. The third-order valence-corrected chi connectivity index (χ3v) is 4.25. The SMILES string of the molecule is Clc1nc(CN2CCCC3(C2)OCCO3)cs1. The van der Waals surface area contributed by atoms with Gasteiger partial charge >= 0.3 is 0 Å². The van der Waals surface area contributed by atoms with Crippen LogP contribution < -0.4 is 0 Å². The smallest absolute Gasteiger partial charge is 0.183 e. The molecular weight excluding hydrogens is 260 g/mol. The van der Waals surface area contributed by atoms with E-state index < -0.39 is 0 Å². The Hall–Kier alpha value is -0.200. The van der Waals surface area contributed by atoms with Crippen LogP contribution in [0.3, 0.4) is 0 Å². The lowest BCUT2D eigenvalue weighted by atomic mass is 10.0. The summed E-state index contributed by atoms with van der Waals surface area (Å²) < 4.78 is 12.1. The van der Waals surface area contributed by atoms with Gasteiger partial charge in [-0.05, 0) is 13.0 Å². The number of rotatable bonds is 2. The van der Waals surface area contributed by atoms with Gasteiger partial charge in [-0.25, -0.2) is 4.98 Å². The average Bonchev–Trinajstić information content (AvgIpc) is 2.89. The van der Waals surface area contributed by atoms with Gasteiger partial charge in [0.2, 0.25) is 0 Å². The molecule has 4 nitrogen and oxygen atoms in total. The Morgan fingerprint density at radius 2 is 2.29 bits per heavy atom. The van der Waals surface area contributed by atoms with Gasteiger partial charge in [0.25, 0.3) is 0 Å². The summed E-state index contributed by atoms with van der Waals surface area (Å²) in [5.74, 6) is -0.349. The van der Waals surface area contributed by atoms with Crippen molar-refractivity contribution in [2.45, 2.75) is 25.2 Å². The topological polar surface area (TPSA) is 34.6 Å². The van der Waals surface area contributed by atoms with Crippen molar-refractivity contribution in [1.82, 2.24) is 9.88 Å². The van der Waals surface area contributed by atoms with Crippen molar-refractivity contribution in [1.29, 1.82) is 0 Å². The summed E-state index contributed by atoms with van der Waals surface area (Å²) in [6.07, 6.45) is 2.11. The molecule has 1 aromatic heterocycles. The number of aromatic nitrogens is 1. The Balaban J connectivity index is 1.64. The van der Waals surface area contributed by atoms with Gasteiger partial charge in [0.05, 0.1) is 25.5 Å². The summed E-state index contributed by atoms with van der Waals surface area (Å²) in [7, 11) is 0. The maximum atomic E-state index is 5.84. The quantitative estimate of drug-likeness (QED) is 0.828. The van der Waals surface area contributed by atoms with Crippen LogP contribution in [0.1, 0.15) is 18.5 Å². The molecule has 0 atom stereocenters. The highest BCUT2D eigenvalue weighted by molar-refractivity contribution is 7.13. The lowest BCUT2D eigenvalue weighted by Crippen LogP contribution is -2.48. The zero-order valence-electron chi connectivity index (χ0n) is 9.52. The number of hydrogen-bond donors (Lipinski definition) is 0. The molecule has 2 fully saturated rings. The van der Waals surface area contributed by atoms with Crippen molar-refractivity contribution < 1.29 is 9.47 Å². The number of halogens is 1. The van der Waals surface area contributed by atoms with E-state index in [4.69, 9.17) is 21.1 Å². The van der Waals surface area contributed by atoms with Crippen LogP contribution in [0.5, 0.6) is 0 Å². The molecule has 0 saturated carbocycles. The molecule has 0 bridgehead atoms. The van der Waals surface area contributed by atoms with E-state index >= 15 is 0 Å². The number of likely N-dealkylation sites (tertiary alicyclic amines) is 1. The summed E-state index contributed by atoms with van der Waals surface area (Å²) in [5.41, 5.74) is 1.04. The highest BCUT2D eigenvalue weighted by Crippen LogP contribution is 2.30. The van der Waals surface area contributed by atoms with Crippen LogP contribution in [0, 0.1) is 0 Å². The van der Waals surface area contributed by atoms with Crippen LogP contribution in [0.4, 0.5) is 0 Å². The fourth-order valence-electron chi connectivity index (χ4n) is 2.52. The summed E-state index contributed by atoms with van der Waals surface area (Å²) in [6.45, 7) is 4.18. The Kier molecular flexibility index (Phi) is 3.36. The van der Waals surface area contributed by atoms with Gasteiger partial charge in [0.15, 0.2) is 10.3 Å². The van der Waals surface area contributed by atoms with Crippen LogP contribution in [0.25, 0.3) is 0 Å². The molecule has 0 N–H and O–H groups in total. The van der Waals surface area contributed by atoms with Gasteiger partial charge in [-0.3, -0.25) is 4.90 Å². The zero-order valence-corrected chi connectivity index (χ0v) is 11.1. The molecular formula is C11H15ClN2O2S. The molecule has 0 aliphatic carbocycles. The minimum atomic E-state index is -0.349. The second kappa shape index (κ2) is 4.82. The summed E-state index contributed by atoms with van der Waals surface area (Å²) in [5, 5.41) is 2.01. The molecule has 1 aromatic rings. The van der Waals surface area contributed by atoms with E-state index in [1.54, 1.807) is 0 Å². The third kappa shape index (κ3) is 2.63. The molecule has 0 amide bonds. The first-order chi connectivity index (χ1) is 8.26. The van der Waals surface area contributed by atoms with E-state index in [0.717, 1.165) is 51.4 Å². The van der Waals surface area contributed by atoms with Gasteiger partial charge in [0, 0.05) is 18.3 Å². The molecule has 94 valence electrons. The first kappa shape index (κ1) is 11.9. The van der Waals surface area contributed by atoms with Gasteiger partial charge < -0.3 is 9.47 Å². The fraction of sp³-hybridized carbons (Fsp3) is 0.727. The average molecular weight is 275 g/mol. The van der Waals surface area contributed by atoms with Gasteiger partial charge in [-0.15, -0.1) is 11.3 Å². The van der Waals surface area contributed by atoms with Crippen molar-refractivity contribution in [3.63, 3.8) is 0 Å². The number of thiazole rings is 1.